The average molecular weight is 1410 g/mol. The Labute approximate surface area is 541 Å². The zero-order chi connectivity index (χ0) is 68.5. The molecule has 14 rings (SSSR count). The summed E-state index contributed by atoms with van der Waals surface area (Å²) in [6, 6.07) is 58.6. The lowest BCUT2D eigenvalue weighted by Gasteiger charge is -2.54. The van der Waals surface area contributed by atoms with Gasteiger partial charge in [-0.1, -0.05) is 146 Å². The number of hydrogen-bond donors (Lipinski definition) is 7. The van der Waals surface area contributed by atoms with E-state index in [4.69, 9.17) is 27.3 Å². The molecule has 0 spiro atoms. The lowest BCUT2D eigenvalue weighted by atomic mass is 9.56. The molecule has 10 aromatic carbocycles. The fourth-order valence-electron chi connectivity index (χ4n) is 11.6. The summed E-state index contributed by atoms with van der Waals surface area (Å²) in [6.45, 7) is 5.04. The van der Waals surface area contributed by atoms with Crippen molar-refractivity contribution < 1.29 is 90.8 Å². The molecule has 4 aliphatic rings. The molecule has 0 radical (unpaired) electrons. The smallest absolute Gasteiger partial charge is 0.285 e. The highest BCUT2D eigenvalue weighted by molar-refractivity contribution is 7.87. The second kappa shape index (κ2) is 29.5. The first kappa shape index (κ1) is 73.0. The van der Waals surface area contributed by atoms with Crippen LogP contribution in [0.5, 0.6) is 0 Å². The maximum Gasteiger partial charge on any atom is 0.295 e. The van der Waals surface area contributed by atoms with E-state index in [0.717, 1.165) is 62.5 Å². The Morgan fingerprint density at radius 2 is 0.656 bits per heavy atom. The first-order valence-electron chi connectivity index (χ1n) is 28.1. The molecule has 0 atom stereocenters. The zero-order valence-electron chi connectivity index (χ0n) is 49.9. The van der Waals surface area contributed by atoms with Crippen LogP contribution in [0.4, 0.5) is 0 Å². The molecule has 10 aromatic rings. The van der Waals surface area contributed by atoms with E-state index >= 15 is 0 Å². The van der Waals surface area contributed by atoms with Crippen molar-refractivity contribution in [3.63, 3.8) is 0 Å². The molecule has 0 amide bonds. The van der Waals surface area contributed by atoms with E-state index in [2.05, 4.69) is 0 Å². The summed E-state index contributed by atoms with van der Waals surface area (Å²) >= 11 is 0. The van der Waals surface area contributed by atoms with Crippen molar-refractivity contribution in [1.29, 1.82) is 0 Å². The Morgan fingerprint density at radius 3 is 1.10 bits per heavy atom. The van der Waals surface area contributed by atoms with Gasteiger partial charge in [-0.25, -0.2) is 0 Å². The standard InChI is InChI=1S/C14H10O3S.C10H16O3S.2C10H8O3S.C8H10O3S.C7H8O3S.C6H6O3S/c15-18(16,17)14-6-5-12-7-10-3-1-2-4-11(10)8-13(12)9-14;11-14(12,13)10-4-7-1-8(5-10)3-9(2-7)6-10;11-14(12,13)10-7-3-5-8-4-1-2-6-9(8)10;11-14(12,13)10-6-5-8-3-1-2-4-9(8)7-10;1-6-3-4-7(2)8(5-6)12(9,10)11;1-6-4-2-3-5-7(6)11(8,9)10;7-10(8,9)6-4-2-1-3-5-6/h1-9H,(H,15,16,17);7-9H,1-6H2,(H,11,12,13);2*1-7H,(H,11,12,13);3-5H,1-2H3,(H,9,10,11);2-5H,1H3,(H,8,9,10);1-5H,(H,7,8,9). The van der Waals surface area contributed by atoms with E-state index in [1.807, 2.05) is 60.7 Å². The van der Waals surface area contributed by atoms with Crippen LogP contribution in [-0.4, -0.2) is 95.5 Å². The van der Waals surface area contributed by atoms with Gasteiger partial charge in [0.25, 0.3) is 70.8 Å². The molecule has 93 heavy (non-hydrogen) atoms. The number of rotatable bonds is 7. The minimum atomic E-state index is -4.15. The van der Waals surface area contributed by atoms with Gasteiger partial charge in [0.1, 0.15) is 4.90 Å². The van der Waals surface area contributed by atoms with Gasteiger partial charge in [0, 0.05) is 5.39 Å². The van der Waals surface area contributed by atoms with Crippen LogP contribution in [0, 0.1) is 38.5 Å². The second-order valence-corrected chi connectivity index (χ2v) is 32.7. The molecule has 0 aliphatic heterocycles. The number of fused-ring (bicyclic) bond motifs is 4. The fraction of sp³-hybridized carbons (Fsp3) is 0.200. The molecule has 494 valence electrons. The third-order valence-electron chi connectivity index (χ3n) is 15.6. The van der Waals surface area contributed by atoms with Crippen molar-refractivity contribution in [2.45, 2.75) is 93.4 Å². The van der Waals surface area contributed by atoms with Gasteiger partial charge in [0.2, 0.25) is 0 Å². The summed E-state index contributed by atoms with van der Waals surface area (Å²) in [6.07, 6.45) is 5.77. The zero-order valence-corrected chi connectivity index (χ0v) is 55.6. The summed E-state index contributed by atoms with van der Waals surface area (Å²) in [5, 5.41) is 6.95. The topological polar surface area (TPSA) is 381 Å². The normalized spacial score (nSPS) is 17.6. The third-order valence-corrected chi connectivity index (χ3v) is 22.7. The Bertz CT molecular complexity index is 5160. The van der Waals surface area contributed by atoms with Crippen LogP contribution in [-0.2, 0) is 70.8 Å². The fourth-order valence-corrected chi connectivity index (χ4v) is 16.7. The van der Waals surface area contributed by atoms with Crippen molar-refractivity contribution in [2.24, 2.45) is 17.8 Å². The monoisotopic (exact) mass is 1410 g/mol. The molecule has 4 aliphatic carbocycles. The Balaban J connectivity index is 0.000000155. The van der Waals surface area contributed by atoms with E-state index in [1.165, 1.54) is 73.9 Å². The van der Waals surface area contributed by atoms with E-state index in [9.17, 15) is 63.5 Å². The summed E-state index contributed by atoms with van der Waals surface area (Å²) in [5.41, 5.74) is 1.92. The van der Waals surface area contributed by atoms with Crippen molar-refractivity contribution in [2.75, 3.05) is 0 Å². The first-order chi connectivity index (χ1) is 43.2. The van der Waals surface area contributed by atoms with Crippen LogP contribution in [0.1, 0.15) is 55.2 Å². The quantitative estimate of drug-likeness (QED) is 0.0575. The number of hydrogen-bond acceptors (Lipinski definition) is 14. The van der Waals surface area contributed by atoms with Gasteiger partial charge < -0.3 is 0 Å². The highest BCUT2D eigenvalue weighted by Crippen LogP contribution is 2.58. The molecule has 0 aromatic heterocycles. The Kier molecular flexibility index (Phi) is 23.2. The minimum absolute atomic E-state index is 0.0116. The lowest BCUT2D eigenvalue weighted by Crippen LogP contribution is -2.54. The van der Waals surface area contributed by atoms with Gasteiger partial charge in [-0.3, -0.25) is 31.9 Å². The molecular weight excluding hydrogens is 1340 g/mol. The van der Waals surface area contributed by atoms with Gasteiger partial charge in [0.05, 0.1) is 29.2 Å². The molecule has 7 N–H and O–H groups in total. The van der Waals surface area contributed by atoms with Gasteiger partial charge in [-0.2, -0.15) is 58.9 Å². The van der Waals surface area contributed by atoms with Crippen molar-refractivity contribution >= 4 is 114 Å². The predicted octanol–water partition coefficient (Wildman–Crippen LogP) is 13.0. The maximum absolute atomic E-state index is 11.4. The molecule has 0 saturated heterocycles. The van der Waals surface area contributed by atoms with Crippen LogP contribution in [0.3, 0.4) is 0 Å². The van der Waals surface area contributed by atoms with Crippen molar-refractivity contribution in [1.82, 2.24) is 0 Å². The molecule has 0 heterocycles. The van der Waals surface area contributed by atoms with E-state index in [0.29, 0.717) is 34.3 Å². The molecule has 28 heteroatoms. The maximum atomic E-state index is 11.4. The van der Waals surface area contributed by atoms with E-state index in [1.54, 1.807) is 118 Å². The van der Waals surface area contributed by atoms with Crippen LogP contribution < -0.4 is 0 Å². The van der Waals surface area contributed by atoms with Crippen molar-refractivity contribution in [3.05, 3.63) is 229 Å². The first-order valence-corrected chi connectivity index (χ1v) is 38.2. The number of aryl methyl sites for hydroxylation is 3. The van der Waals surface area contributed by atoms with Crippen LogP contribution >= 0.6 is 0 Å². The molecule has 4 saturated carbocycles. The van der Waals surface area contributed by atoms with Gasteiger partial charge in [-0.05, 0) is 198 Å². The number of benzene rings is 10. The van der Waals surface area contributed by atoms with Gasteiger partial charge in [-0.15, -0.1) is 0 Å². The average Bonchev–Trinajstić information content (AvgIpc) is 0.732. The second-order valence-electron chi connectivity index (χ2n) is 22.5. The highest BCUT2D eigenvalue weighted by atomic mass is 32.2. The minimum Gasteiger partial charge on any atom is -0.285 e. The van der Waals surface area contributed by atoms with E-state index in [-0.39, 0.29) is 29.4 Å². The largest absolute Gasteiger partial charge is 0.295 e. The SMILES string of the molecule is Cc1ccc(C)c(S(=O)(=O)O)c1.Cc1ccccc1S(=O)(=O)O.O=S(=O)(O)C12CC3CC(CC(C3)C1)C2.O=S(=O)(O)c1ccc2cc3ccccc3cc2c1.O=S(=O)(O)c1ccc2ccccc2c1.O=S(=O)(O)c1cccc2ccccc12.O=S(=O)(O)c1ccccc1. The Morgan fingerprint density at radius 1 is 0.290 bits per heavy atom. The molecule has 4 bridgehead atoms. The third kappa shape index (κ3) is 20.1. The van der Waals surface area contributed by atoms with Crippen LogP contribution in [0.25, 0.3) is 43.1 Å². The molecular formula is C65H66O21S7. The molecule has 0 unspecified atom stereocenters. The summed E-state index contributed by atoms with van der Waals surface area (Å²) in [7, 11) is -28.3. The Hall–Kier alpha value is -7.39. The summed E-state index contributed by atoms with van der Waals surface area (Å²) in [5.74, 6) is 1.72. The van der Waals surface area contributed by atoms with Gasteiger partial charge >= 0.3 is 0 Å². The van der Waals surface area contributed by atoms with Crippen LogP contribution in [0.2, 0.25) is 0 Å². The summed E-state index contributed by atoms with van der Waals surface area (Å²) in [4.78, 5) is -0.311. The molecule has 4 fully saturated rings. The van der Waals surface area contributed by atoms with E-state index < -0.39 is 75.6 Å². The predicted molar refractivity (Wildman–Crippen MR) is 354 cm³/mol. The van der Waals surface area contributed by atoms with Gasteiger partial charge in [0.15, 0.2) is 0 Å². The highest BCUT2D eigenvalue weighted by Gasteiger charge is 2.57. The van der Waals surface area contributed by atoms with Crippen molar-refractivity contribution in [3.8, 4) is 0 Å². The summed E-state index contributed by atoms with van der Waals surface area (Å²) < 4.78 is 214. The van der Waals surface area contributed by atoms with Crippen LogP contribution in [0.15, 0.2) is 242 Å². The lowest BCUT2D eigenvalue weighted by molar-refractivity contribution is 0.0303. The molecule has 21 nitrogen and oxygen atoms in total.